The number of aryl methyl sites for hydroxylation is 2. The van der Waals surface area contributed by atoms with Gasteiger partial charge in [-0.25, -0.2) is 4.79 Å². The topological polar surface area (TPSA) is 101 Å². The predicted molar refractivity (Wildman–Crippen MR) is 71.1 cm³/mol. The van der Waals surface area contributed by atoms with Crippen molar-refractivity contribution in [2.45, 2.75) is 20.4 Å². The van der Waals surface area contributed by atoms with Crippen LogP contribution < -0.4 is 11.1 Å². The van der Waals surface area contributed by atoms with Crippen LogP contribution in [0.3, 0.4) is 0 Å². The Labute approximate surface area is 110 Å². The molecule has 0 fully saturated rings. The van der Waals surface area contributed by atoms with Gasteiger partial charge in [0.2, 0.25) is 0 Å². The average Bonchev–Trinajstić information content (AvgIpc) is 2.68. The summed E-state index contributed by atoms with van der Waals surface area (Å²) >= 11 is 0. The molecule has 1 aromatic carbocycles. The molecule has 0 radical (unpaired) electrons. The molecule has 1 aromatic heterocycles. The van der Waals surface area contributed by atoms with Crippen LogP contribution in [0.2, 0.25) is 0 Å². The molecule has 0 spiro atoms. The van der Waals surface area contributed by atoms with E-state index in [-0.39, 0.29) is 11.3 Å². The van der Waals surface area contributed by atoms with Crippen LogP contribution in [0.5, 0.6) is 0 Å². The number of nitrogens with zero attached hydrogens (tertiary/aromatic N) is 1. The quantitative estimate of drug-likeness (QED) is 0.729. The summed E-state index contributed by atoms with van der Waals surface area (Å²) in [5.74, 6) is -0.294. The molecule has 0 unspecified atom stereocenters. The molecule has 0 bridgehead atoms. The molecule has 0 aliphatic heterocycles. The van der Waals surface area contributed by atoms with E-state index in [0.29, 0.717) is 12.2 Å². The van der Waals surface area contributed by atoms with Gasteiger partial charge in [0.1, 0.15) is 5.76 Å². The highest BCUT2D eigenvalue weighted by atomic mass is 16.5. The lowest BCUT2D eigenvalue weighted by molar-refractivity contribution is 0.0698. The number of carboxylic acids is 1. The van der Waals surface area contributed by atoms with Gasteiger partial charge in [-0.3, -0.25) is 0 Å². The summed E-state index contributed by atoms with van der Waals surface area (Å²) in [7, 11) is 0. The van der Waals surface area contributed by atoms with Gasteiger partial charge in [0.15, 0.2) is 0 Å². The maximum Gasteiger partial charge on any atom is 0.337 e. The standard InChI is InChI=1S/C13H15N3O3/c1-7-11(8(2)19-16-7)6-15-9-3-4-12(14)10(5-9)13(17)18/h3-5,15H,6,14H2,1-2H3,(H,17,18). The fourth-order valence-corrected chi connectivity index (χ4v) is 1.80. The average molecular weight is 261 g/mol. The van der Waals surface area contributed by atoms with Gasteiger partial charge >= 0.3 is 5.97 Å². The Morgan fingerprint density at radius 2 is 2.21 bits per heavy atom. The highest BCUT2D eigenvalue weighted by molar-refractivity contribution is 5.94. The van der Waals surface area contributed by atoms with E-state index in [1.165, 1.54) is 6.07 Å². The van der Waals surface area contributed by atoms with Crippen molar-refractivity contribution in [1.29, 1.82) is 0 Å². The second-order valence-corrected chi connectivity index (χ2v) is 4.26. The molecule has 1 heterocycles. The Hall–Kier alpha value is -2.50. The van der Waals surface area contributed by atoms with E-state index in [0.717, 1.165) is 17.0 Å². The molecular formula is C13H15N3O3. The van der Waals surface area contributed by atoms with Gasteiger partial charge in [-0.2, -0.15) is 0 Å². The summed E-state index contributed by atoms with van der Waals surface area (Å²) in [5, 5.41) is 16.0. The molecule has 4 N–H and O–H groups in total. The predicted octanol–water partition coefficient (Wildman–Crippen LogP) is 2.18. The number of nitrogen functional groups attached to an aromatic ring is 1. The van der Waals surface area contributed by atoms with Gasteiger partial charge in [-0.15, -0.1) is 0 Å². The second kappa shape index (κ2) is 5.01. The van der Waals surface area contributed by atoms with Crippen LogP contribution in [0, 0.1) is 13.8 Å². The van der Waals surface area contributed by atoms with Gasteiger partial charge < -0.3 is 20.7 Å². The number of nitrogens with two attached hydrogens (primary N) is 1. The van der Waals surface area contributed by atoms with Crippen LogP contribution in [0.1, 0.15) is 27.4 Å². The molecule has 0 aliphatic carbocycles. The number of carboxylic acid groups (broad SMARTS) is 1. The van der Waals surface area contributed by atoms with Crippen molar-refractivity contribution in [3.8, 4) is 0 Å². The fourth-order valence-electron chi connectivity index (χ4n) is 1.80. The van der Waals surface area contributed by atoms with E-state index in [1.807, 2.05) is 13.8 Å². The van der Waals surface area contributed by atoms with Gasteiger partial charge in [-0.1, -0.05) is 5.16 Å². The van der Waals surface area contributed by atoms with E-state index in [4.69, 9.17) is 15.4 Å². The van der Waals surface area contributed by atoms with Crippen molar-refractivity contribution >= 4 is 17.3 Å². The summed E-state index contributed by atoms with van der Waals surface area (Å²) < 4.78 is 5.06. The van der Waals surface area contributed by atoms with Gasteiger partial charge in [0, 0.05) is 23.5 Å². The zero-order valence-corrected chi connectivity index (χ0v) is 10.7. The van der Waals surface area contributed by atoms with Crippen LogP contribution in [-0.4, -0.2) is 16.2 Å². The van der Waals surface area contributed by atoms with Crippen LogP contribution >= 0.6 is 0 Å². The van der Waals surface area contributed by atoms with E-state index >= 15 is 0 Å². The zero-order valence-electron chi connectivity index (χ0n) is 10.7. The highest BCUT2D eigenvalue weighted by Crippen LogP contribution is 2.20. The fraction of sp³-hybridized carbons (Fsp3) is 0.231. The van der Waals surface area contributed by atoms with Gasteiger partial charge in [-0.05, 0) is 32.0 Å². The number of benzene rings is 1. The minimum absolute atomic E-state index is 0.0868. The number of aromatic nitrogens is 1. The first-order valence-corrected chi connectivity index (χ1v) is 5.77. The second-order valence-electron chi connectivity index (χ2n) is 4.26. The molecule has 0 amide bonds. The smallest absolute Gasteiger partial charge is 0.337 e. The van der Waals surface area contributed by atoms with Crippen molar-refractivity contribution in [3.05, 3.63) is 40.8 Å². The Balaban J connectivity index is 2.16. The minimum atomic E-state index is -1.04. The van der Waals surface area contributed by atoms with Crippen LogP contribution in [0.25, 0.3) is 0 Å². The lowest BCUT2D eigenvalue weighted by atomic mass is 10.1. The third-order valence-electron chi connectivity index (χ3n) is 2.93. The number of carbonyl (C=O) groups is 1. The largest absolute Gasteiger partial charge is 0.478 e. The first-order valence-electron chi connectivity index (χ1n) is 5.77. The molecule has 0 saturated carbocycles. The lowest BCUT2D eigenvalue weighted by Crippen LogP contribution is -2.06. The minimum Gasteiger partial charge on any atom is -0.478 e. The molecule has 6 heteroatoms. The Morgan fingerprint density at radius 3 is 2.79 bits per heavy atom. The van der Waals surface area contributed by atoms with E-state index in [2.05, 4.69) is 10.5 Å². The maximum atomic E-state index is 11.0. The van der Waals surface area contributed by atoms with Crippen LogP contribution in [0.4, 0.5) is 11.4 Å². The molecule has 0 atom stereocenters. The van der Waals surface area contributed by atoms with Gasteiger partial charge in [0.25, 0.3) is 0 Å². The van der Waals surface area contributed by atoms with Gasteiger partial charge in [0.05, 0.1) is 11.3 Å². The third-order valence-corrected chi connectivity index (χ3v) is 2.93. The lowest BCUT2D eigenvalue weighted by Gasteiger charge is -2.08. The summed E-state index contributed by atoms with van der Waals surface area (Å²) in [6, 6.07) is 4.81. The molecule has 19 heavy (non-hydrogen) atoms. The molecule has 100 valence electrons. The van der Waals surface area contributed by atoms with Crippen molar-refractivity contribution < 1.29 is 14.4 Å². The summed E-state index contributed by atoms with van der Waals surface area (Å²) in [6.07, 6.45) is 0. The van der Waals surface area contributed by atoms with E-state index in [1.54, 1.807) is 12.1 Å². The van der Waals surface area contributed by atoms with Crippen LogP contribution in [0.15, 0.2) is 22.7 Å². The molecule has 0 aliphatic rings. The number of nitrogens with one attached hydrogen (secondary N) is 1. The number of hydrogen-bond acceptors (Lipinski definition) is 5. The Kier molecular flexibility index (Phi) is 3.41. The first-order chi connectivity index (χ1) is 8.99. The van der Waals surface area contributed by atoms with Crippen molar-refractivity contribution in [1.82, 2.24) is 5.16 Å². The first kappa shape index (κ1) is 12.9. The molecule has 2 aromatic rings. The molecule has 0 saturated heterocycles. The summed E-state index contributed by atoms with van der Waals surface area (Å²) in [4.78, 5) is 11.0. The van der Waals surface area contributed by atoms with Crippen molar-refractivity contribution in [2.24, 2.45) is 0 Å². The number of hydrogen-bond donors (Lipinski definition) is 3. The normalized spacial score (nSPS) is 10.4. The monoisotopic (exact) mass is 261 g/mol. The molecule has 2 rings (SSSR count). The number of rotatable bonds is 4. The van der Waals surface area contributed by atoms with Crippen molar-refractivity contribution in [3.63, 3.8) is 0 Å². The van der Waals surface area contributed by atoms with E-state index < -0.39 is 5.97 Å². The van der Waals surface area contributed by atoms with E-state index in [9.17, 15) is 4.79 Å². The summed E-state index contributed by atoms with van der Waals surface area (Å²) in [5.41, 5.74) is 8.40. The van der Waals surface area contributed by atoms with Crippen molar-refractivity contribution in [2.75, 3.05) is 11.1 Å². The molecular weight excluding hydrogens is 246 g/mol. The number of aromatic carboxylic acids is 1. The SMILES string of the molecule is Cc1noc(C)c1CNc1ccc(N)c(C(=O)O)c1. The van der Waals surface area contributed by atoms with Crippen LogP contribution in [-0.2, 0) is 6.54 Å². The Bertz CT molecular complexity index is 600. The third kappa shape index (κ3) is 2.67. The molecule has 6 nitrogen and oxygen atoms in total. The maximum absolute atomic E-state index is 11.0. The zero-order chi connectivity index (χ0) is 14.0. The number of anilines is 2. The highest BCUT2D eigenvalue weighted by Gasteiger charge is 2.11. The Morgan fingerprint density at radius 1 is 1.47 bits per heavy atom. The summed E-state index contributed by atoms with van der Waals surface area (Å²) in [6.45, 7) is 4.21.